The van der Waals surface area contributed by atoms with Gasteiger partial charge in [0.2, 0.25) is 0 Å². The Labute approximate surface area is 122 Å². The van der Waals surface area contributed by atoms with E-state index in [2.05, 4.69) is 0 Å². The molecule has 1 aromatic rings. The van der Waals surface area contributed by atoms with E-state index in [0.717, 1.165) is 0 Å². The highest BCUT2D eigenvalue weighted by Crippen LogP contribution is 2.16. The fraction of sp³-hybridized carbons (Fsp3) is 0.571. The van der Waals surface area contributed by atoms with Crippen LogP contribution < -0.4 is 4.74 Å². The van der Waals surface area contributed by atoms with Crippen molar-refractivity contribution in [3.8, 4) is 5.75 Å². The smallest absolute Gasteiger partial charge is 0.118 e. The van der Waals surface area contributed by atoms with Gasteiger partial charge in [-0.1, -0.05) is 12.1 Å². The molecule has 7 nitrogen and oxygen atoms in total. The maximum atomic E-state index is 9.87. The molecule has 5 atom stereocenters. The van der Waals surface area contributed by atoms with E-state index in [0.29, 0.717) is 11.3 Å². The Bertz CT molecular complexity index is 408. The van der Waals surface area contributed by atoms with E-state index < -0.39 is 37.1 Å². The fourth-order valence-corrected chi connectivity index (χ4v) is 1.89. The van der Waals surface area contributed by atoms with Gasteiger partial charge in [-0.15, -0.1) is 0 Å². The summed E-state index contributed by atoms with van der Waals surface area (Å²) in [7, 11) is 1.53. The predicted molar refractivity (Wildman–Crippen MR) is 73.8 cm³/mol. The summed E-state index contributed by atoms with van der Waals surface area (Å²) in [5, 5.41) is 56.7. The lowest BCUT2D eigenvalue weighted by atomic mass is 9.95. The first-order valence-electron chi connectivity index (χ1n) is 6.54. The van der Waals surface area contributed by atoms with Gasteiger partial charge in [0.1, 0.15) is 30.2 Å². The number of ether oxygens (including phenoxy) is 1. The lowest BCUT2D eigenvalue weighted by Gasteiger charge is -2.28. The van der Waals surface area contributed by atoms with Crippen LogP contribution in [0.25, 0.3) is 0 Å². The number of aliphatic hydroxyl groups is 6. The summed E-state index contributed by atoms with van der Waals surface area (Å²) < 4.78 is 4.99. The quantitative estimate of drug-likeness (QED) is 0.328. The van der Waals surface area contributed by atoms with Gasteiger partial charge in [0, 0.05) is 6.42 Å². The average Bonchev–Trinajstić information content (AvgIpc) is 2.52. The molecule has 120 valence electrons. The Hall–Kier alpha value is -1.22. The standard InChI is InChI=1S/C14H22O7/c1-21-9-4-2-8(3-5-9)6-10(16)12(18)14(20)13(19)11(17)7-15/h2-5,10-20H,6-7H2,1H3/t10?,11-,12+,13-,14-/m1/s1. The van der Waals surface area contributed by atoms with E-state index in [1.807, 2.05) is 0 Å². The zero-order valence-electron chi connectivity index (χ0n) is 11.7. The van der Waals surface area contributed by atoms with Crippen LogP contribution in [0.15, 0.2) is 24.3 Å². The number of rotatable bonds is 8. The van der Waals surface area contributed by atoms with Crippen LogP contribution in [-0.4, -0.2) is 74.9 Å². The van der Waals surface area contributed by atoms with Gasteiger partial charge in [0.15, 0.2) is 0 Å². The van der Waals surface area contributed by atoms with Crippen molar-refractivity contribution >= 4 is 0 Å². The predicted octanol–water partition coefficient (Wildman–Crippen LogP) is -1.97. The Kier molecular flexibility index (Phi) is 7.03. The number of hydrogen-bond acceptors (Lipinski definition) is 7. The Morgan fingerprint density at radius 3 is 1.86 bits per heavy atom. The monoisotopic (exact) mass is 302 g/mol. The van der Waals surface area contributed by atoms with Crippen LogP contribution in [0.3, 0.4) is 0 Å². The first kappa shape index (κ1) is 17.8. The molecule has 0 amide bonds. The minimum absolute atomic E-state index is 0.0458. The third-order valence-corrected chi connectivity index (χ3v) is 3.28. The number of benzene rings is 1. The van der Waals surface area contributed by atoms with Gasteiger partial charge in [-0.3, -0.25) is 0 Å². The third-order valence-electron chi connectivity index (χ3n) is 3.28. The second kappa shape index (κ2) is 8.28. The molecule has 0 heterocycles. The maximum Gasteiger partial charge on any atom is 0.118 e. The van der Waals surface area contributed by atoms with Crippen molar-refractivity contribution in [2.75, 3.05) is 13.7 Å². The van der Waals surface area contributed by atoms with Crippen molar-refractivity contribution in [1.82, 2.24) is 0 Å². The van der Waals surface area contributed by atoms with Gasteiger partial charge in [-0.2, -0.15) is 0 Å². The number of methoxy groups -OCH3 is 1. The highest BCUT2D eigenvalue weighted by atomic mass is 16.5. The molecule has 0 saturated heterocycles. The molecule has 0 aromatic heterocycles. The van der Waals surface area contributed by atoms with Gasteiger partial charge in [0.25, 0.3) is 0 Å². The first-order valence-corrected chi connectivity index (χ1v) is 6.54. The van der Waals surface area contributed by atoms with E-state index in [1.165, 1.54) is 7.11 Å². The molecule has 0 aliphatic carbocycles. The van der Waals surface area contributed by atoms with E-state index in [-0.39, 0.29) is 6.42 Å². The van der Waals surface area contributed by atoms with Gasteiger partial charge in [-0.25, -0.2) is 0 Å². The van der Waals surface area contributed by atoms with Crippen molar-refractivity contribution in [3.63, 3.8) is 0 Å². The highest BCUT2D eigenvalue weighted by molar-refractivity contribution is 5.27. The molecule has 6 N–H and O–H groups in total. The molecule has 0 spiro atoms. The number of aliphatic hydroxyl groups excluding tert-OH is 6. The Morgan fingerprint density at radius 1 is 0.857 bits per heavy atom. The molecule has 1 aromatic carbocycles. The van der Waals surface area contributed by atoms with Gasteiger partial charge in [-0.05, 0) is 17.7 Å². The van der Waals surface area contributed by atoms with E-state index in [4.69, 9.17) is 9.84 Å². The van der Waals surface area contributed by atoms with Gasteiger partial charge < -0.3 is 35.4 Å². The summed E-state index contributed by atoms with van der Waals surface area (Å²) in [6.07, 6.45) is -8.08. The lowest BCUT2D eigenvalue weighted by Crippen LogP contribution is -2.50. The van der Waals surface area contributed by atoms with Crippen LogP contribution in [0.2, 0.25) is 0 Å². The average molecular weight is 302 g/mol. The molecule has 0 fully saturated rings. The minimum atomic E-state index is -1.78. The summed E-state index contributed by atoms with van der Waals surface area (Å²) >= 11 is 0. The maximum absolute atomic E-state index is 9.87. The second-order valence-corrected chi connectivity index (χ2v) is 4.84. The molecule has 1 rings (SSSR count). The molecule has 0 aliphatic heterocycles. The van der Waals surface area contributed by atoms with Crippen LogP contribution in [0, 0.1) is 0 Å². The third kappa shape index (κ3) is 4.92. The molecular weight excluding hydrogens is 280 g/mol. The number of hydrogen-bond donors (Lipinski definition) is 6. The fourth-order valence-electron chi connectivity index (χ4n) is 1.89. The van der Waals surface area contributed by atoms with Crippen LogP contribution in [0.5, 0.6) is 5.75 Å². The summed E-state index contributed by atoms with van der Waals surface area (Å²) in [4.78, 5) is 0. The zero-order chi connectivity index (χ0) is 16.0. The van der Waals surface area contributed by atoms with Crippen LogP contribution in [0.4, 0.5) is 0 Å². The molecular formula is C14H22O7. The van der Waals surface area contributed by atoms with Crippen molar-refractivity contribution in [3.05, 3.63) is 29.8 Å². The molecule has 0 radical (unpaired) electrons. The van der Waals surface area contributed by atoms with Gasteiger partial charge >= 0.3 is 0 Å². The SMILES string of the molecule is COc1ccc(CC(O)[C@H](O)[C@@H](O)[C@H](O)[C@H](O)CO)cc1. The van der Waals surface area contributed by atoms with Crippen molar-refractivity contribution in [1.29, 1.82) is 0 Å². The highest BCUT2D eigenvalue weighted by Gasteiger charge is 2.33. The van der Waals surface area contributed by atoms with Crippen molar-refractivity contribution in [2.45, 2.75) is 36.9 Å². The lowest BCUT2D eigenvalue weighted by molar-refractivity contribution is -0.139. The Balaban J connectivity index is 2.62. The van der Waals surface area contributed by atoms with Crippen LogP contribution in [-0.2, 0) is 6.42 Å². The summed E-state index contributed by atoms with van der Waals surface area (Å²) in [6, 6.07) is 6.77. The minimum Gasteiger partial charge on any atom is -0.497 e. The van der Waals surface area contributed by atoms with Crippen molar-refractivity contribution in [2.24, 2.45) is 0 Å². The van der Waals surface area contributed by atoms with E-state index in [9.17, 15) is 25.5 Å². The summed E-state index contributed by atoms with van der Waals surface area (Å²) in [6.45, 7) is -0.764. The molecule has 0 aliphatic rings. The molecule has 0 saturated carbocycles. The molecule has 7 heteroatoms. The summed E-state index contributed by atoms with van der Waals surface area (Å²) in [5.74, 6) is 0.648. The Morgan fingerprint density at radius 2 is 1.38 bits per heavy atom. The molecule has 0 bridgehead atoms. The zero-order valence-corrected chi connectivity index (χ0v) is 11.7. The first-order chi connectivity index (χ1) is 9.90. The normalized spacial score (nSPS) is 18.6. The topological polar surface area (TPSA) is 131 Å². The molecule has 1 unspecified atom stereocenters. The van der Waals surface area contributed by atoms with E-state index in [1.54, 1.807) is 24.3 Å². The van der Waals surface area contributed by atoms with Gasteiger partial charge in [0.05, 0.1) is 19.8 Å². The van der Waals surface area contributed by atoms with Crippen molar-refractivity contribution < 1.29 is 35.4 Å². The summed E-state index contributed by atoms with van der Waals surface area (Å²) in [5.41, 5.74) is 0.701. The largest absolute Gasteiger partial charge is 0.497 e. The second-order valence-electron chi connectivity index (χ2n) is 4.84. The molecule has 21 heavy (non-hydrogen) atoms. The van der Waals surface area contributed by atoms with E-state index >= 15 is 0 Å². The van der Waals surface area contributed by atoms with Crippen LogP contribution in [0.1, 0.15) is 5.56 Å². The van der Waals surface area contributed by atoms with Crippen LogP contribution >= 0.6 is 0 Å².